The minimum Gasteiger partial charge on any atom is -0.468 e. The Labute approximate surface area is 142 Å². The van der Waals surface area contributed by atoms with E-state index in [0.717, 1.165) is 33.7 Å². The van der Waals surface area contributed by atoms with Crippen LogP contribution in [-0.4, -0.2) is 31.9 Å². The highest BCUT2D eigenvalue weighted by molar-refractivity contribution is 8.01. The van der Waals surface area contributed by atoms with Gasteiger partial charge in [0.1, 0.15) is 4.88 Å². The summed E-state index contributed by atoms with van der Waals surface area (Å²) >= 11 is 2.83. The van der Waals surface area contributed by atoms with Crippen molar-refractivity contribution in [3.8, 4) is 11.1 Å². The number of esters is 2. The number of benzene rings is 1. The first-order valence-electron chi connectivity index (χ1n) is 7.17. The molecule has 0 atom stereocenters. The molecule has 1 aromatic heterocycles. The molecule has 0 aliphatic heterocycles. The lowest BCUT2D eigenvalue weighted by Crippen LogP contribution is -2.07. The van der Waals surface area contributed by atoms with Gasteiger partial charge in [-0.2, -0.15) is 0 Å². The molecule has 120 valence electrons. The van der Waals surface area contributed by atoms with Gasteiger partial charge in [0.15, 0.2) is 0 Å². The summed E-state index contributed by atoms with van der Waals surface area (Å²) in [6.07, 6.45) is 1.80. The van der Waals surface area contributed by atoms with Crippen molar-refractivity contribution in [2.24, 2.45) is 0 Å². The molecule has 0 spiro atoms. The number of carbonyl (C=O) groups excluding carboxylic acids is 2. The maximum absolute atomic E-state index is 12.2. The molecule has 3 rings (SSSR count). The van der Waals surface area contributed by atoms with Crippen LogP contribution in [0.15, 0.2) is 28.5 Å². The standard InChI is InChI=1S/C17H16O4S2/c1-20-13(18)9-22-17-12-8-7-10-5-3-4-6-11(10)14(12)15(23-17)16(19)21-2/h3-6H,7-9H2,1-2H3. The van der Waals surface area contributed by atoms with Gasteiger partial charge in [-0.25, -0.2) is 4.79 Å². The zero-order valence-electron chi connectivity index (χ0n) is 12.9. The quantitative estimate of drug-likeness (QED) is 0.624. The number of methoxy groups -OCH3 is 2. The summed E-state index contributed by atoms with van der Waals surface area (Å²) in [5.74, 6) is -0.355. The van der Waals surface area contributed by atoms with Crippen LogP contribution < -0.4 is 0 Å². The third-order valence-electron chi connectivity index (χ3n) is 3.82. The van der Waals surface area contributed by atoms with Gasteiger partial charge in [0.2, 0.25) is 0 Å². The summed E-state index contributed by atoms with van der Waals surface area (Å²) < 4.78 is 10.6. The topological polar surface area (TPSA) is 52.6 Å². The molecule has 0 amide bonds. The van der Waals surface area contributed by atoms with E-state index in [1.807, 2.05) is 18.2 Å². The Morgan fingerprint density at radius 2 is 1.96 bits per heavy atom. The van der Waals surface area contributed by atoms with Crippen LogP contribution >= 0.6 is 23.1 Å². The van der Waals surface area contributed by atoms with Gasteiger partial charge in [0.05, 0.1) is 24.2 Å². The Bertz CT molecular complexity index is 764. The largest absolute Gasteiger partial charge is 0.468 e. The molecule has 0 fully saturated rings. The van der Waals surface area contributed by atoms with E-state index in [0.29, 0.717) is 4.88 Å². The second kappa shape index (κ2) is 6.76. The minimum atomic E-state index is -0.326. The van der Waals surface area contributed by atoms with Crippen molar-refractivity contribution in [2.75, 3.05) is 20.0 Å². The van der Waals surface area contributed by atoms with E-state index in [9.17, 15) is 9.59 Å². The Morgan fingerprint density at radius 3 is 2.70 bits per heavy atom. The molecule has 0 unspecified atom stereocenters. The number of rotatable bonds is 4. The molecule has 1 heterocycles. The zero-order valence-corrected chi connectivity index (χ0v) is 14.5. The van der Waals surface area contributed by atoms with Gasteiger partial charge < -0.3 is 9.47 Å². The van der Waals surface area contributed by atoms with Crippen molar-refractivity contribution in [1.29, 1.82) is 0 Å². The molecule has 2 aromatic rings. The molecule has 23 heavy (non-hydrogen) atoms. The lowest BCUT2D eigenvalue weighted by molar-refractivity contribution is -0.137. The monoisotopic (exact) mass is 348 g/mol. The molecule has 0 N–H and O–H groups in total. The van der Waals surface area contributed by atoms with Crippen LogP contribution in [0, 0.1) is 0 Å². The summed E-state index contributed by atoms with van der Waals surface area (Å²) in [6, 6.07) is 8.13. The molecule has 1 aliphatic carbocycles. The van der Waals surface area contributed by atoms with Gasteiger partial charge in [-0.15, -0.1) is 23.1 Å². The third kappa shape index (κ3) is 3.01. The van der Waals surface area contributed by atoms with E-state index in [4.69, 9.17) is 9.47 Å². The van der Waals surface area contributed by atoms with Gasteiger partial charge in [-0.1, -0.05) is 24.3 Å². The lowest BCUT2D eigenvalue weighted by atomic mass is 9.87. The average molecular weight is 348 g/mol. The number of aryl methyl sites for hydroxylation is 1. The van der Waals surface area contributed by atoms with Crippen LogP contribution in [0.2, 0.25) is 0 Å². The number of hydrogen-bond acceptors (Lipinski definition) is 6. The first-order chi connectivity index (χ1) is 11.2. The van der Waals surface area contributed by atoms with Gasteiger partial charge in [0, 0.05) is 5.56 Å². The van der Waals surface area contributed by atoms with Crippen molar-refractivity contribution in [1.82, 2.24) is 0 Å². The Balaban J connectivity index is 2.07. The third-order valence-corrected chi connectivity index (χ3v) is 6.32. The summed E-state index contributed by atoms with van der Waals surface area (Å²) in [4.78, 5) is 24.2. The molecule has 4 nitrogen and oxygen atoms in total. The van der Waals surface area contributed by atoms with Crippen LogP contribution in [0.1, 0.15) is 20.8 Å². The fourth-order valence-electron chi connectivity index (χ4n) is 2.73. The molecule has 0 bridgehead atoms. The Hall–Kier alpha value is -1.79. The number of thioether (sulfide) groups is 1. The summed E-state index contributed by atoms with van der Waals surface area (Å²) in [5.41, 5.74) is 4.45. The van der Waals surface area contributed by atoms with Crippen molar-refractivity contribution < 1.29 is 19.1 Å². The number of hydrogen-bond donors (Lipinski definition) is 0. The summed E-state index contributed by atoms with van der Waals surface area (Å²) in [5, 5.41) is 0. The fourth-order valence-corrected chi connectivity index (χ4v) is 5.16. The second-order valence-electron chi connectivity index (χ2n) is 5.09. The number of ether oxygens (including phenoxy) is 2. The number of carbonyl (C=O) groups is 2. The molecule has 0 saturated carbocycles. The van der Waals surface area contributed by atoms with Gasteiger partial charge in [-0.05, 0) is 29.5 Å². The maximum atomic E-state index is 12.2. The predicted octanol–water partition coefficient (Wildman–Crippen LogP) is 3.57. The van der Waals surface area contributed by atoms with E-state index in [-0.39, 0.29) is 17.7 Å². The molecular weight excluding hydrogens is 332 g/mol. The minimum absolute atomic E-state index is 0.242. The second-order valence-corrected chi connectivity index (χ2v) is 7.35. The van der Waals surface area contributed by atoms with Crippen molar-refractivity contribution >= 4 is 35.0 Å². The lowest BCUT2D eigenvalue weighted by Gasteiger charge is -2.18. The van der Waals surface area contributed by atoms with E-state index < -0.39 is 0 Å². The van der Waals surface area contributed by atoms with Crippen LogP contribution in [0.25, 0.3) is 11.1 Å². The first kappa shape index (κ1) is 16.1. The maximum Gasteiger partial charge on any atom is 0.348 e. The molecule has 1 aliphatic rings. The van der Waals surface area contributed by atoms with Gasteiger partial charge in [0.25, 0.3) is 0 Å². The Kier molecular flexibility index (Phi) is 4.73. The van der Waals surface area contributed by atoms with E-state index in [1.165, 1.54) is 42.9 Å². The van der Waals surface area contributed by atoms with Crippen molar-refractivity contribution in [3.05, 3.63) is 40.3 Å². The van der Waals surface area contributed by atoms with E-state index in [2.05, 4.69) is 6.07 Å². The van der Waals surface area contributed by atoms with Crippen LogP contribution in [-0.2, 0) is 27.1 Å². The highest BCUT2D eigenvalue weighted by atomic mass is 32.2. The van der Waals surface area contributed by atoms with Crippen LogP contribution in [0.5, 0.6) is 0 Å². The fraction of sp³-hybridized carbons (Fsp3) is 0.294. The Morgan fingerprint density at radius 1 is 1.17 bits per heavy atom. The van der Waals surface area contributed by atoms with E-state index in [1.54, 1.807) is 0 Å². The first-order valence-corrected chi connectivity index (χ1v) is 8.97. The van der Waals surface area contributed by atoms with Gasteiger partial charge in [-0.3, -0.25) is 4.79 Å². The SMILES string of the molecule is COC(=O)CSc1sc(C(=O)OC)c2c1CCc1ccccc1-2. The molecular formula is C17H16O4S2. The average Bonchev–Trinajstić information content (AvgIpc) is 2.98. The highest BCUT2D eigenvalue weighted by Gasteiger charge is 2.28. The molecule has 1 aromatic carbocycles. The summed E-state index contributed by atoms with van der Waals surface area (Å²) in [7, 11) is 2.77. The predicted molar refractivity (Wildman–Crippen MR) is 91.2 cm³/mol. The van der Waals surface area contributed by atoms with Crippen molar-refractivity contribution in [3.63, 3.8) is 0 Å². The normalized spacial score (nSPS) is 12.3. The smallest absolute Gasteiger partial charge is 0.348 e. The van der Waals surface area contributed by atoms with Crippen LogP contribution in [0.4, 0.5) is 0 Å². The van der Waals surface area contributed by atoms with Gasteiger partial charge >= 0.3 is 11.9 Å². The zero-order chi connectivity index (χ0) is 16.4. The molecule has 0 radical (unpaired) electrons. The summed E-state index contributed by atoms with van der Waals surface area (Å²) in [6.45, 7) is 0. The van der Waals surface area contributed by atoms with Crippen molar-refractivity contribution in [2.45, 2.75) is 17.1 Å². The molecule has 0 saturated heterocycles. The highest BCUT2D eigenvalue weighted by Crippen LogP contribution is 2.46. The number of thiophene rings is 1. The van der Waals surface area contributed by atoms with Crippen LogP contribution in [0.3, 0.4) is 0 Å². The van der Waals surface area contributed by atoms with E-state index >= 15 is 0 Å². The number of fused-ring (bicyclic) bond motifs is 3. The molecule has 6 heteroatoms.